The van der Waals surface area contributed by atoms with Crippen molar-refractivity contribution >= 4 is 11.7 Å². The van der Waals surface area contributed by atoms with Gasteiger partial charge >= 0.3 is 0 Å². The van der Waals surface area contributed by atoms with Crippen molar-refractivity contribution in [3.63, 3.8) is 0 Å². The van der Waals surface area contributed by atoms with E-state index in [0.717, 1.165) is 38.3 Å². The zero-order chi connectivity index (χ0) is 18.1. The van der Waals surface area contributed by atoms with Crippen LogP contribution < -0.4 is 4.90 Å². The van der Waals surface area contributed by atoms with Crippen LogP contribution in [0.25, 0.3) is 0 Å². The smallest absolute Gasteiger partial charge is 0.222 e. The molecule has 0 bridgehead atoms. The van der Waals surface area contributed by atoms with E-state index in [1.54, 1.807) is 6.33 Å². The molecule has 1 aliphatic carbocycles. The number of carbonyl (C=O) groups is 1. The highest BCUT2D eigenvalue weighted by Gasteiger charge is 2.44. The molecule has 0 radical (unpaired) electrons. The Kier molecular flexibility index (Phi) is 4.89. The van der Waals surface area contributed by atoms with Crippen LogP contribution in [0.2, 0.25) is 0 Å². The Morgan fingerprint density at radius 2 is 1.96 bits per heavy atom. The van der Waals surface area contributed by atoms with Gasteiger partial charge in [-0.05, 0) is 38.0 Å². The molecule has 2 saturated heterocycles. The Morgan fingerprint density at radius 1 is 1.15 bits per heavy atom. The lowest BCUT2D eigenvalue weighted by Crippen LogP contribution is -2.56. The summed E-state index contributed by atoms with van der Waals surface area (Å²) in [6.07, 6.45) is 12.8. The molecule has 26 heavy (non-hydrogen) atoms. The zero-order valence-corrected chi connectivity index (χ0v) is 16.3. The van der Waals surface area contributed by atoms with Crippen molar-refractivity contribution in [2.24, 2.45) is 5.41 Å². The van der Waals surface area contributed by atoms with Gasteiger partial charge in [0.2, 0.25) is 5.91 Å². The molecule has 1 spiro atoms. The molecule has 2 aliphatic heterocycles. The number of rotatable bonds is 3. The van der Waals surface area contributed by atoms with Crippen LogP contribution >= 0.6 is 0 Å². The average Bonchev–Trinajstić information content (AvgIpc) is 3.19. The van der Waals surface area contributed by atoms with Crippen LogP contribution in [0.1, 0.15) is 76.7 Å². The standard InChI is InChI=1S/C21H32N4O/c1-16(2)18-12-22-15-23-20(18)24-11-5-9-21(13-24)10-8-19(26)25(14-21)17-6-3-4-7-17/h12,15-17H,3-11,13-14H2,1-2H3. The molecular weight excluding hydrogens is 324 g/mol. The number of carbonyl (C=O) groups excluding carboxylic acids is 1. The third kappa shape index (κ3) is 3.33. The highest BCUT2D eigenvalue weighted by molar-refractivity contribution is 5.77. The first-order chi connectivity index (χ1) is 12.6. The largest absolute Gasteiger partial charge is 0.356 e. The Bertz CT molecular complexity index is 655. The van der Waals surface area contributed by atoms with E-state index in [1.165, 1.54) is 44.1 Å². The van der Waals surface area contributed by atoms with Crippen LogP contribution in [0, 0.1) is 5.41 Å². The van der Waals surface area contributed by atoms with E-state index < -0.39 is 0 Å². The number of aromatic nitrogens is 2. The van der Waals surface area contributed by atoms with Gasteiger partial charge in [-0.3, -0.25) is 4.79 Å². The number of nitrogens with zero attached hydrogens (tertiary/aromatic N) is 4. The molecule has 5 nitrogen and oxygen atoms in total. The summed E-state index contributed by atoms with van der Waals surface area (Å²) in [6.45, 7) is 7.47. The molecule has 1 amide bonds. The minimum atomic E-state index is 0.244. The van der Waals surface area contributed by atoms with Crippen LogP contribution in [-0.2, 0) is 4.79 Å². The maximum Gasteiger partial charge on any atom is 0.222 e. The molecular formula is C21H32N4O. The molecule has 3 aliphatic rings. The number of hydrogen-bond donors (Lipinski definition) is 0. The van der Waals surface area contributed by atoms with Crippen molar-refractivity contribution in [2.45, 2.75) is 77.2 Å². The number of hydrogen-bond acceptors (Lipinski definition) is 4. The van der Waals surface area contributed by atoms with Crippen LogP contribution in [-0.4, -0.2) is 46.5 Å². The van der Waals surface area contributed by atoms with Gasteiger partial charge in [0.15, 0.2) is 0 Å². The Labute approximate surface area is 157 Å². The monoisotopic (exact) mass is 356 g/mol. The molecule has 1 aromatic rings. The molecule has 3 fully saturated rings. The van der Waals surface area contributed by atoms with E-state index in [1.807, 2.05) is 6.20 Å². The lowest BCUT2D eigenvalue weighted by atomic mass is 9.73. The molecule has 5 heteroatoms. The van der Waals surface area contributed by atoms with Crippen LogP contribution in [0.5, 0.6) is 0 Å². The van der Waals surface area contributed by atoms with Crippen molar-refractivity contribution in [3.05, 3.63) is 18.1 Å². The topological polar surface area (TPSA) is 49.3 Å². The minimum absolute atomic E-state index is 0.244. The summed E-state index contributed by atoms with van der Waals surface area (Å²) in [5, 5.41) is 0. The van der Waals surface area contributed by atoms with Gasteiger partial charge in [-0.15, -0.1) is 0 Å². The second kappa shape index (κ2) is 7.16. The van der Waals surface area contributed by atoms with Crippen molar-refractivity contribution in [3.8, 4) is 0 Å². The fraction of sp³-hybridized carbons (Fsp3) is 0.762. The van der Waals surface area contributed by atoms with E-state index in [-0.39, 0.29) is 5.41 Å². The van der Waals surface area contributed by atoms with Crippen molar-refractivity contribution in [1.29, 1.82) is 0 Å². The summed E-state index contributed by atoms with van der Waals surface area (Å²) >= 11 is 0. The van der Waals surface area contributed by atoms with Gasteiger partial charge in [0.25, 0.3) is 0 Å². The van der Waals surface area contributed by atoms with Crippen molar-refractivity contribution < 1.29 is 4.79 Å². The Balaban J connectivity index is 1.55. The zero-order valence-electron chi connectivity index (χ0n) is 16.3. The minimum Gasteiger partial charge on any atom is -0.356 e. The second-order valence-corrected chi connectivity index (χ2v) is 8.94. The predicted octanol–water partition coefficient (Wildman–Crippen LogP) is 3.75. The lowest BCUT2D eigenvalue weighted by Gasteiger charge is -2.50. The fourth-order valence-corrected chi connectivity index (χ4v) is 5.32. The lowest BCUT2D eigenvalue weighted by molar-refractivity contribution is -0.140. The van der Waals surface area contributed by atoms with E-state index in [0.29, 0.717) is 17.9 Å². The maximum atomic E-state index is 12.6. The summed E-state index contributed by atoms with van der Waals surface area (Å²) in [5.41, 5.74) is 1.48. The van der Waals surface area contributed by atoms with Crippen LogP contribution in [0.15, 0.2) is 12.5 Å². The highest BCUT2D eigenvalue weighted by Crippen LogP contribution is 2.42. The van der Waals surface area contributed by atoms with E-state index >= 15 is 0 Å². The average molecular weight is 357 g/mol. The molecule has 1 saturated carbocycles. The van der Waals surface area contributed by atoms with E-state index in [4.69, 9.17) is 0 Å². The first-order valence-corrected chi connectivity index (χ1v) is 10.4. The van der Waals surface area contributed by atoms with Gasteiger partial charge in [0, 0.05) is 49.3 Å². The summed E-state index contributed by atoms with van der Waals surface area (Å²) in [6, 6.07) is 0.500. The first-order valence-electron chi connectivity index (χ1n) is 10.4. The predicted molar refractivity (Wildman–Crippen MR) is 103 cm³/mol. The first kappa shape index (κ1) is 17.7. The molecule has 1 atom stereocenters. The molecule has 3 heterocycles. The summed E-state index contributed by atoms with van der Waals surface area (Å²) in [4.78, 5) is 26.2. The SMILES string of the molecule is CC(C)c1cncnc1N1CCCC2(CCC(=O)N(C3CCCC3)C2)C1. The Morgan fingerprint density at radius 3 is 2.73 bits per heavy atom. The third-order valence-electron chi connectivity index (χ3n) is 6.76. The summed E-state index contributed by atoms with van der Waals surface area (Å²) < 4.78 is 0. The summed E-state index contributed by atoms with van der Waals surface area (Å²) in [5.74, 6) is 1.93. The van der Waals surface area contributed by atoms with E-state index in [9.17, 15) is 4.79 Å². The third-order valence-corrected chi connectivity index (χ3v) is 6.76. The Hall–Kier alpha value is -1.65. The van der Waals surface area contributed by atoms with E-state index in [2.05, 4.69) is 33.6 Å². The normalized spacial score (nSPS) is 27.7. The number of anilines is 1. The van der Waals surface area contributed by atoms with Crippen LogP contribution in [0.4, 0.5) is 5.82 Å². The van der Waals surface area contributed by atoms with Gasteiger partial charge in [-0.25, -0.2) is 9.97 Å². The maximum absolute atomic E-state index is 12.6. The van der Waals surface area contributed by atoms with Gasteiger partial charge in [0.05, 0.1) is 0 Å². The quantitative estimate of drug-likeness (QED) is 0.827. The molecule has 1 aromatic heterocycles. The van der Waals surface area contributed by atoms with Crippen LogP contribution in [0.3, 0.4) is 0 Å². The van der Waals surface area contributed by atoms with Crippen molar-refractivity contribution in [2.75, 3.05) is 24.5 Å². The van der Waals surface area contributed by atoms with Gasteiger partial charge in [-0.2, -0.15) is 0 Å². The number of amides is 1. The summed E-state index contributed by atoms with van der Waals surface area (Å²) in [7, 11) is 0. The highest BCUT2D eigenvalue weighted by atomic mass is 16.2. The molecule has 0 aromatic carbocycles. The number of piperidine rings is 2. The molecule has 0 N–H and O–H groups in total. The van der Waals surface area contributed by atoms with Gasteiger partial charge in [-0.1, -0.05) is 26.7 Å². The fourth-order valence-electron chi connectivity index (χ4n) is 5.32. The molecule has 1 unspecified atom stereocenters. The molecule has 142 valence electrons. The van der Waals surface area contributed by atoms with Crippen molar-refractivity contribution in [1.82, 2.24) is 14.9 Å². The molecule has 4 rings (SSSR count). The van der Waals surface area contributed by atoms with Gasteiger partial charge in [0.1, 0.15) is 12.1 Å². The van der Waals surface area contributed by atoms with Gasteiger partial charge < -0.3 is 9.80 Å². The number of likely N-dealkylation sites (tertiary alicyclic amines) is 1. The second-order valence-electron chi connectivity index (χ2n) is 8.94.